The maximum atomic E-state index is 12.7. The third kappa shape index (κ3) is 3.39. The van der Waals surface area contributed by atoms with Crippen molar-refractivity contribution >= 4 is 39.2 Å². The van der Waals surface area contributed by atoms with Crippen molar-refractivity contribution in [1.82, 2.24) is 0 Å². The second-order valence-corrected chi connectivity index (χ2v) is 6.84. The zero-order valence-electron chi connectivity index (χ0n) is 15.8. The number of aryl methyl sites for hydroxylation is 1. The van der Waals surface area contributed by atoms with E-state index in [1.54, 1.807) is 0 Å². The van der Waals surface area contributed by atoms with Crippen LogP contribution in [0.5, 0.6) is 0 Å². The summed E-state index contributed by atoms with van der Waals surface area (Å²) in [5, 5.41) is 17.0. The van der Waals surface area contributed by atoms with E-state index < -0.39 is 0 Å². The van der Waals surface area contributed by atoms with Crippen molar-refractivity contribution in [2.24, 2.45) is 0 Å². The third-order valence-corrected chi connectivity index (χ3v) is 5.12. The molecule has 0 spiro atoms. The van der Waals surface area contributed by atoms with Crippen molar-refractivity contribution in [3.8, 4) is 0 Å². The summed E-state index contributed by atoms with van der Waals surface area (Å²) in [5.41, 5.74) is 2.23. The minimum Gasteiger partial charge on any atom is -0.618 e. The minimum atomic E-state index is -0.0644. The number of nitrogens with zero attached hydrogens (tertiary/aromatic N) is 1. The number of hydrogen-bond donors (Lipinski definition) is 0. The average molecular weight is 367 g/mol. The molecule has 0 N–H and O–H groups in total. The third-order valence-electron chi connectivity index (χ3n) is 5.12. The molecule has 0 saturated carbocycles. The van der Waals surface area contributed by atoms with Gasteiger partial charge in [0.25, 0.3) is 0 Å². The number of fused-ring (bicyclic) bond motifs is 2. The van der Waals surface area contributed by atoms with E-state index in [0.29, 0.717) is 11.3 Å². The second kappa shape index (κ2) is 7.65. The Morgan fingerprint density at radius 2 is 1.57 bits per heavy atom. The zero-order chi connectivity index (χ0) is 19.5. The Kier molecular flexibility index (Phi) is 4.90. The standard InChI is InChI=1S/C25H21NO2/c1-2-22-23-10-6-5-8-19(23)13-14-24(22)26(28)16-15-25(27)21-12-11-18-7-3-4-9-20(18)17-21/h3-14,16-17H,2,15H2,1H3/b26-16-. The summed E-state index contributed by atoms with van der Waals surface area (Å²) in [4.78, 5) is 12.6. The van der Waals surface area contributed by atoms with Gasteiger partial charge >= 0.3 is 0 Å². The van der Waals surface area contributed by atoms with Crippen LogP contribution in [0.15, 0.2) is 78.9 Å². The van der Waals surface area contributed by atoms with Gasteiger partial charge in [-0.2, -0.15) is 4.74 Å². The Morgan fingerprint density at radius 3 is 2.36 bits per heavy atom. The number of carbonyl (C=O) groups is 1. The number of ketones is 1. The lowest BCUT2D eigenvalue weighted by atomic mass is 10.0. The molecular weight excluding hydrogens is 346 g/mol. The number of carbonyl (C=O) groups excluding carboxylic acids is 1. The molecule has 0 radical (unpaired) electrons. The number of rotatable bonds is 5. The van der Waals surface area contributed by atoms with E-state index in [1.165, 1.54) is 6.21 Å². The fraction of sp³-hybridized carbons (Fsp3) is 0.120. The molecule has 4 rings (SSSR count). The molecule has 0 amide bonds. The highest BCUT2D eigenvalue weighted by atomic mass is 16.5. The highest BCUT2D eigenvalue weighted by Gasteiger charge is 2.13. The maximum absolute atomic E-state index is 12.7. The lowest BCUT2D eigenvalue weighted by Crippen LogP contribution is -2.06. The van der Waals surface area contributed by atoms with Gasteiger partial charge in [0.05, 0.1) is 6.42 Å². The highest BCUT2D eigenvalue weighted by Crippen LogP contribution is 2.28. The van der Waals surface area contributed by atoms with Gasteiger partial charge in [-0.15, -0.1) is 0 Å². The van der Waals surface area contributed by atoms with Crippen molar-refractivity contribution in [1.29, 1.82) is 0 Å². The van der Waals surface area contributed by atoms with Gasteiger partial charge in [-0.1, -0.05) is 67.6 Å². The van der Waals surface area contributed by atoms with Gasteiger partial charge < -0.3 is 5.21 Å². The molecule has 4 aromatic rings. The van der Waals surface area contributed by atoms with E-state index in [-0.39, 0.29) is 12.2 Å². The van der Waals surface area contributed by atoms with Crippen LogP contribution >= 0.6 is 0 Å². The summed E-state index contributed by atoms with van der Waals surface area (Å²) in [6, 6.07) is 25.4. The predicted molar refractivity (Wildman–Crippen MR) is 116 cm³/mol. The van der Waals surface area contributed by atoms with Crippen molar-refractivity contribution in [2.45, 2.75) is 19.8 Å². The normalized spacial score (nSPS) is 11.8. The SMILES string of the molecule is CCc1c(/[N+]([O-])=C/CC(=O)c2ccc3ccccc3c2)ccc2ccccc12. The lowest BCUT2D eigenvalue weighted by molar-refractivity contribution is -0.356. The van der Waals surface area contributed by atoms with Gasteiger partial charge in [0.2, 0.25) is 5.69 Å². The van der Waals surface area contributed by atoms with Gasteiger partial charge in [-0.3, -0.25) is 4.79 Å². The van der Waals surface area contributed by atoms with Crippen molar-refractivity contribution in [2.75, 3.05) is 0 Å². The number of Topliss-reactive ketones (excluding diaryl/α,β-unsaturated/α-hetero) is 1. The Bertz CT molecular complexity index is 1210. The molecule has 0 aliphatic rings. The molecule has 28 heavy (non-hydrogen) atoms. The van der Waals surface area contributed by atoms with E-state index >= 15 is 0 Å². The predicted octanol–water partition coefficient (Wildman–Crippen LogP) is 6.04. The molecule has 0 aliphatic carbocycles. The topological polar surface area (TPSA) is 43.1 Å². The van der Waals surface area contributed by atoms with E-state index in [2.05, 4.69) is 0 Å². The zero-order valence-corrected chi connectivity index (χ0v) is 15.8. The van der Waals surface area contributed by atoms with E-state index in [4.69, 9.17) is 0 Å². The molecule has 0 unspecified atom stereocenters. The molecule has 0 fully saturated rings. The monoisotopic (exact) mass is 367 g/mol. The van der Waals surface area contributed by atoms with Gasteiger partial charge in [-0.05, 0) is 40.1 Å². The number of benzene rings is 4. The molecule has 0 saturated heterocycles. The van der Waals surface area contributed by atoms with Crippen LogP contribution < -0.4 is 0 Å². The summed E-state index contributed by atoms with van der Waals surface area (Å²) in [7, 11) is 0. The van der Waals surface area contributed by atoms with Crippen molar-refractivity contribution < 1.29 is 9.53 Å². The molecule has 138 valence electrons. The molecular formula is C25H21NO2. The van der Waals surface area contributed by atoms with Crippen LogP contribution in [0.4, 0.5) is 5.69 Å². The first kappa shape index (κ1) is 17.9. The number of hydrogen-bond acceptors (Lipinski definition) is 2. The average Bonchev–Trinajstić information content (AvgIpc) is 2.76. The smallest absolute Gasteiger partial charge is 0.220 e. The van der Waals surface area contributed by atoms with E-state index in [1.807, 2.05) is 85.8 Å². The van der Waals surface area contributed by atoms with Gasteiger partial charge in [0, 0.05) is 17.2 Å². The van der Waals surface area contributed by atoms with Crippen LogP contribution in [0.2, 0.25) is 0 Å². The summed E-state index contributed by atoms with van der Waals surface area (Å²) < 4.78 is 0.838. The summed E-state index contributed by atoms with van der Waals surface area (Å²) in [5.74, 6) is -0.0644. The van der Waals surface area contributed by atoms with Crippen LogP contribution in [0, 0.1) is 5.21 Å². The maximum Gasteiger partial charge on any atom is 0.220 e. The van der Waals surface area contributed by atoms with Crippen LogP contribution in [0.1, 0.15) is 29.3 Å². The Labute approximate surface area is 164 Å². The summed E-state index contributed by atoms with van der Waals surface area (Å²) in [6.07, 6.45) is 2.25. The summed E-state index contributed by atoms with van der Waals surface area (Å²) >= 11 is 0. The Balaban J connectivity index is 1.62. The van der Waals surface area contributed by atoms with Gasteiger partial charge in [-0.25, -0.2) is 0 Å². The Hall–Kier alpha value is -3.46. The van der Waals surface area contributed by atoms with Gasteiger partial charge in [0.15, 0.2) is 12.0 Å². The lowest BCUT2D eigenvalue weighted by Gasteiger charge is -2.10. The molecule has 0 atom stereocenters. The fourth-order valence-corrected chi connectivity index (χ4v) is 3.65. The molecule has 0 bridgehead atoms. The van der Waals surface area contributed by atoms with Crippen LogP contribution in [0.25, 0.3) is 21.5 Å². The highest BCUT2D eigenvalue weighted by molar-refractivity contribution is 6.05. The first-order valence-electron chi connectivity index (χ1n) is 9.49. The Morgan fingerprint density at radius 1 is 0.893 bits per heavy atom. The molecule has 3 nitrogen and oxygen atoms in total. The fourth-order valence-electron chi connectivity index (χ4n) is 3.65. The van der Waals surface area contributed by atoms with Crippen LogP contribution in [0.3, 0.4) is 0 Å². The molecule has 0 aromatic heterocycles. The van der Waals surface area contributed by atoms with Crippen molar-refractivity contribution in [3.05, 3.63) is 95.2 Å². The largest absolute Gasteiger partial charge is 0.618 e. The first-order chi connectivity index (χ1) is 13.7. The van der Waals surface area contributed by atoms with E-state index in [9.17, 15) is 10.0 Å². The quantitative estimate of drug-likeness (QED) is 0.142. The minimum absolute atomic E-state index is 0.0644. The van der Waals surface area contributed by atoms with Crippen LogP contribution in [-0.2, 0) is 6.42 Å². The first-order valence-corrected chi connectivity index (χ1v) is 9.49. The van der Waals surface area contributed by atoms with Crippen LogP contribution in [-0.4, -0.2) is 16.7 Å². The molecule has 3 heteroatoms. The molecule has 0 heterocycles. The summed E-state index contributed by atoms with van der Waals surface area (Å²) in [6.45, 7) is 2.04. The van der Waals surface area contributed by atoms with Crippen molar-refractivity contribution in [3.63, 3.8) is 0 Å². The second-order valence-electron chi connectivity index (χ2n) is 6.84. The molecule has 0 aliphatic heterocycles. The van der Waals surface area contributed by atoms with E-state index in [0.717, 1.165) is 38.3 Å². The molecule has 4 aromatic carbocycles. The van der Waals surface area contributed by atoms with Gasteiger partial charge in [0.1, 0.15) is 0 Å².